The molecular weight excluding hydrogens is 825 g/mol. The van der Waals surface area contributed by atoms with Crippen molar-refractivity contribution in [2.75, 3.05) is 4.90 Å². The summed E-state index contributed by atoms with van der Waals surface area (Å²) < 4.78 is 8.43. The summed E-state index contributed by atoms with van der Waals surface area (Å²) in [5.41, 5.74) is 39.6. The number of benzene rings is 10. The third kappa shape index (κ3) is 2.71. The fraction of sp³-hybridized carbons (Fsp3) is 0.0625. The van der Waals surface area contributed by atoms with Gasteiger partial charge in [0, 0.05) is 76.9 Å². The number of rotatable bonds is 0. The third-order valence-electron chi connectivity index (χ3n) is 19.1. The molecule has 4 atom stereocenters. The summed E-state index contributed by atoms with van der Waals surface area (Å²) in [7, 11) is 0. The van der Waals surface area contributed by atoms with E-state index in [1.165, 1.54) is 188 Å². The average molecular weight is 855 g/mol. The predicted octanol–water partition coefficient (Wildman–Crippen LogP) is 15.7. The van der Waals surface area contributed by atoms with Gasteiger partial charge >= 0.3 is 0 Å². The van der Waals surface area contributed by atoms with Gasteiger partial charge in [0.05, 0.1) is 63.0 Å². The topological polar surface area (TPSA) is 18.0 Å². The van der Waals surface area contributed by atoms with Crippen molar-refractivity contribution in [3.05, 3.63) is 202 Å². The van der Waals surface area contributed by atoms with Crippen molar-refractivity contribution in [2.45, 2.75) is 24.2 Å². The van der Waals surface area contributed by atoms with E-state index in [4.69, 9.17) is 0 Å². The molecule has 0 amide bonds. The van der Waals surface area contributed by atoms with Crippen LogP contribution in [0.25, 0.3) is 132 Å². The van der Waals surface area contributed by atoms with Gasteiger partial charge in [0.1, 0.15) is 0 Å². The summed E-state index contributed by atoms with van der Waals surface area (Å²) in [6.45, 7) is 0. The lowest BCUT2D eigenvalue weighted by Gasteiger charge is -2.46. The van der Waals surface area contributed by atoms with Gasteiger partial charge in [0.25, 0.3) is 0 Å². The van der Waals surface area contributed by atoms with E-state index in [1.54, 1.807) is 0 Å². The quantitative estimate of drug-likeness (QED) is 0.149. The summed E-state index contributed by atoms with van der Waals surface area (Å²) in [6, 6.07) is 63.0. The molecule has 9 aliphatic rings. The Morgan fingerprint density at radius 1 is 0.235 bits per heavy atom. The number of para-hydroxylation sites is 2. The summed E-state index contributed by atoms with van der Waals surface area (Å²) in [5, 5.41) is 8.26. The molecule has 0 radical (unpaired) electrons. The van der Waals surface area contributed by atoms with Crippen molar-refractivity contribution >= 4 is 76.8 Å². The highest BCUT2D eigenvalue weighted by atomic mass is 15.2. The van der Waals surface area contributed by atoms with Crippen LogP contribution in [0.2, 0.25) is 0 Å². The molecule has 4 heteroatoms. The van der Waals surface area contributed by atoms with Crippen LogP contribution in [0.1, 0.15) is 68.7 Å². The maximum Gasteiger partial charge on any atom is 0.0869 e. The van der Waals surface area contributed by atoms with Gasteiger partial charge in [-0.2, -0.15) is 0 Å². The average Bonchev–Trinajstić information content (AvgIpc) is 4.13. The number of hydrogen-bond donors (Lipinski definition) is 0. The Kier molecular flexibility index (Phi) is 4.31. The molecule has 13 aromatic rings. The molecule has 0 saturated heterocycles. The zero-order chi connectivity index (χ0) is 42.6. The van der Waals surface area contributed by atoms with Crippen LogP contribution in [-0.2, 0) is 0 Å². The zero-order valence-electron chi connectivity index (χ0n) is 36.1. The Labute approximate surface area is 386 Å². The highest BCUT2D eigenvalue weighted by Gasteiger charge is 2.52. The molecule has 0 fully saturated rings. The Hall–Kier alpha value is -8.60. The van der Waals surface area contributed by atoms with Gasteiger partial charge in [-0.15, -0.1) is 0 Å². The van der Waals surface area contributed by atoms with Crippen LogP contribution in [-0.4, -0.2) is 13.7 Å². The number of nitrogens with zero attached hydrogens (tertiary/aromatic N) is 4. The lowest BCUT2D eigenvalue weighted by atomic mass is 9.73. The summed E-state index contributed by atoms with van der Waals surface area (Å²) in [4.78, 5) is 2.72. The molecule has 3 aromatic heterocycles. The van der Waals surface area contributed by atoms with Crippen LogP contribution in [0.5, 0.6) is 0 Å². The van der Waals surface area contributed by atoms with Crippen LogP contribution < -0.4 is 4.90 Å². The number of anilines is 2. The van der Waals surface area contributed by atoms with Crippen molar-refractivity contribution in [1.82, 2.24) is 13.7 Å². The van der Waals surface area contributed by atoms with E-state index in [1.807, 2.05) is 0 Å². The molecule has 1 aliphatic carbocycles. The maximum atomic E-state index is 2.84. The van der Waals surface area contributed by atoms with Gasteiger partial charge in [-0.25, -0.2) is 0 Å². The first kappa shape index (κ1) is 31.3. The van der Waals surface area contributed by atoms with Gasteiger partial charge in [0.15, 0.2) is 0 Å². The lowest BCUT2D eigenvalue weighted by molar-refractivity contribution is 0.678. The molecule has 0 N–H and O–H groups in total. The first-order valence-corrected chi connectivity index (χ1v) is 24.5. The molecule has 306 valence electrons. The second kappa shape index (κ2) is 9.36. The van der Waals surface area contributed by atoms with E-state index in [0.29, 0.717) is 0 Å². The molecule has 11 heterocycles. The Morgan fingerprint density at radius 2 is 0.676 bits per heavy atom. The minimum atomic E-state index is 0.0470. The molecule has 0 spiro atoms. The smallest absolute Gasteiger partial charge is 0.0869 e. The van der Waals surface area contributed by atoms with E-state index in [2.05, 4.69) is 176 Å². The second-order valence-corrected chi connectivity index (χ2v) is 21.2. The van der Waals surface area contributed by atoms with Crippen molar-refractivity contribution in [3.8, 4) is 66.8 Å². The summed E-state index contributed by atoms with van der Waals surface area (Å²) in [5.74, 6) is 0. The fourth-order valence-corrected chi connectivity index (χ4v) is 17.1. The molecular formula is C64H30N4. The molecule has 8 aliphatic heterocycles. The first-order valence-electron chi connectivity index (χ1n) is 24.5. The highest BCUT2D eigenvalue weighted by Crippen LogP contribution is 2.70. The number of aromatic nitrogens is 3. The van der Waals surface area contributed by atoms with Crippen LogP contribution in [0.3, 0.4) is 0 Å². The highest BCUT2D eigenvalue weighted by molar-refractivity contribution is 6.29. The SMILES string of the molecule is c1ccc2c(c1)-c1cccc3c4ccc5c6c4n(c13)C2c1ccc2c3ccc4c7c3n(c2c1-6)C5c1ccc2c3ccc5c6c3n(c2c1-7)C4c1ccc2c(c1-6)C1c3c(cccc3-2)-c2ccccc2N51. The molecule has 68 heavy (non-hydrogen) atoms. The van der Waals surface area contributed by atoms with Gasteiger partial charge in [-0.05, 0) is 84.5 Å². The molecule has 0 bridgehead atoms. The molecule has 0 saturated carbocycles. The molecule has 10 aromatic carbocycles. The van der Waals surface area contributed by atoms with Crippen molar-refractivity contribution < 1.29 is 0 Å². The molecule has 22 rings (SSSR count). The van der Waals surface area contributed by atoms with E-state index in [-0.39, 0.29) is 24.2 Å². The first-order chi connectivity index (χ1) is 33.8. The third-order valence-corrected chi connectivity index (χ3v) is 19.1. The van der Waals surface area contributed by atoms with E-state index >= 15 is 0 Å². The lowest BCUT2D eigenvalue weighted by Crippen LogP contribution is -2.33. The normalized spacial score (nSPS) is 19.7. The van der Waals surface area contributed by atoms with Crippen LogP contribution >= 0.6 is 0 Å². The Morgan fingerprint density at radius 3 is 1.34 bits per heavy atom. The van der Waals surface area contributed by atoms with Crippen molar-refractivity contribution in [1.29, 1.82) is 0 Å². The van der Waals surface area contributed by atoms with Crippen LogP contribution in [0.15, 0.2) is 158 Å². The van der Waals surface area contributed by atoms with Crippen LogP contribution in [0, 0.1) is 0 Å². The van der Waals surface area contributed by atoms with Gasteiger partial charge in [0.2, 0.25) is 0 Å². The van der Waals surface area contributed by atoms with E-state index < -0.39 is 0 Å². The van der Waals surface area contributed by atoms with Crippen molar-refractivity contribution in [3.63, 3.8) is 0 Å². The minimum absolute atomic E-state index is 0.0470. The molecule has 4 unspecified atom stereocenters. The van der Waals surface area contributed by atoms with Crippen molar-refractivity contribution in [2.24, 2.45) is 0 Å². The largest absolute Gasteiger partial charge is 0.328 e. The van der Waals surface area contributed by atoms with E-state index in [0.717, 1.165) is 0 Å². The summed E-state index contributed by atoms with van der Waals surface area (Å²) in [6.07, 6.45) is 0. The Bertz CT molecular complexity index is 4950. The Balaban J connectivity index is 0.934. The van der Waals surface area contributed by atoms with E-state index in [9.17, 15) is 0 Å². The monoisotopic (exact) mass is 854 g/mol. The standard InChI is InChI=1S/C64H30N4/c1-2-9-32-27(7-1)33-12-6-13-34-35-16-22-43-51-50-41(56(32)66(55(33)34)59(35)51)21-17-36-37-18-23-42-52-53-44(58(43)67(60(36)50)61(37)52)24-19-38-39-25-26-46-54-48-40(57(42)68(62(38)53)63(39)54)20-15-31-30-11-5-10-29-28-8-3-4-14-45(28)65(46)64(47(29)30)49(31)48/h1-26,56-58,64H. The zero-order valence-corrected chi connectivity index (χ0v) is 36.1. The van der Waals surface area contributed by atoms with Crippen LogP contribution in [0.4, 0.5) is 11.4 Å². The maximum absolute atomic E-state index is 2.84. The van der Waals surface area contributed by atoms with Gasteiger partial charge in [-0.1, -0.05) is 146 Å². The number of hydrogen-bond acceptors (Lipinski definition) is 1. The second-order valence-electron chi connectivity index (χ2n) is 21.2. The summed E-state index contributed by atoms with van der Waals surface area (Å²) >= 11 is 0. The van der Waals surface area contributed by atoms with Gasteiger partial charge < -0.3 is 18.6 Å². The fourth-order valence-electron chi connectivity index (χ4n) is 17.1. The predicted molar refractivity (Wildman–Crippen MR) is 274 cm³/mol. The molecule has 4 nitrogen and oxygen atoms in total. The van der Waals surface area contributed by atoms with Gasteiger partial charge in [-0.3, -0.25) is 0 Å². The number of fused-ring (bicyclic) bond motifs is 16. The minimum Gasteiger partial charge on any atom is -0.328 e.